The molecule has 24 heavy (non-hydrogen) atoms. The first-order chi connectivity index (χ1) is 11.4. The summed E-state index contributed by atoms with van der Waals surface area (Å²) in [6, 6.07) is 10.2. The van der Waals surface area contributed by atoms with Crippen molar-refractivity contribution in [1.82, 2.24) is 9.80 Å². The van der Waals surface area contributed by atoms with E-state index in [9.17, 15) is 9.59 Å². The highest BCUT2D eigenvalue weighted by Crippen LogP contribution is 2.23. The van der Waals surface area contributed by atoms with Gasteiger partial charge in [-0.25, -0.2) is 0 Å². The van der Waals surface area contributed by atoms with Gasteiger partial charge in [0.25, 0.3) is 0 Å². The van der Waals surface area contributed by atoms with E-state index in [-0.39, 0.29) is 23.8 Å². The molecule has 2 amide bonds. The number of likely N-dealkylation sites (tertiary alicyclic amines) is 1. The molecule has 1 aromatic rings. The third-order valence-corrected chi connectivity index (χ3v) is 4.64. The van der Waals surface area contributed by atoms with Gasteiger partial charge in [0.1, 0.15) is 0 Å². The molecule has 0 aromatic heterocycles. The van der Waals surface area contributed by atoms with Gasteiger partial charge in [0, 0.05) is 32.1 Å². The van der Waals surface area contributed by atoms with Crippen LogP contribution in [0.25, 0.3) is 0 Å². The van der Waals surface area contributed by atoms with E-state index in [2.05, 4.69) is 13.8 Å². The van der Waals surface area contributed by atoms with Gasteiger partial charge in [-0.3, -0.25) is 9.59 Å². The van der Waals surface area contributed by atoms with Crippen LogP contribution in [0.1, 0.15) is 46.1 Å². The Balaban J connectivity index is 2.01. The number of amides is 2. The van der Waals surface area contributed by atoms with Gasteiger partial charge >= 0.3 is 0 Å². The molecule has 1 heterocycles. The molecule has 1 aliphatic rings. The van der Waals surface area contributed by atoms with Crippen LogP contribution in [0.15, 0.2) is 30.3 Å². The molecule has 0 saturated carbocycles. The first-order valence-electron chi connectivity index (χ1n) is 9.00. The fourth-order valence-electron chi connectivity index (χ4n) is 3.10. The summed E-state index contributed by atoms with van der Waals surface area (Å²) >= 11 is 0. The predicted octanol–water partition coefficient (Wildman–Crippen LogP) is 3.32. The van der Waals surface area contributed by atoms with Crippen LogP contribution in [0.2, 0.25) is 0 Å². The van der Waals surface area contributed by atoms with Crippen LogP contribution < -0.4 is 0 Å². The standard InChI is InChI=1S/C20H30N2O2/c1-15(2)10-11-21-14-18(12-19(21)23)20(24)22(16(3)4)13-17-8-6-5-7-9-17/h5-9,15-16,18H,10-14H2,1-4H3. The summed E-state index contributed by atoms with van der Waals surface area (Å²) in [6.07, 6.45) is 1.35. The van der Waals surface area contributed by atoms with Crippen LogP contribution in [0.5, 0.6) is 0 Å². The minimum absolute atomic E-state index is 0.106. The number of hydrogen-bond donors (Lipinski definition) is 0. The third-order valence-electron chi connectivity index (χ3n) is 4.64. The van der Waals surface area contributed by atoms with Crippen LogP contribution in [0, 0.1) is 11.8 Å². The van der Waals surface area contributed by atoms with Crippen molar-refractivity contribution < 1.29 is 9.59 Å². The van der Waals surface area contributed by atoms with E-state index in [4.69, 9.17) is 0 Å². The quantitative estimate of drug-likeness (QED) is 0.769. The van der Waals surface area contributed by atoms with Gasteiger partial charge in [0.05, 0.1) is 5.92 Å². The van der Waals surface area contributed by atoms with Crippen molar-refractivity contribution in [2.24, 2.45) is 11.8 Å². The molecule has 0 radical (unpaired) electrons. The maximum absolute atomic E-state index is 13.0. The number of nitrogens with zero attached hydrogens (tertiary/aromatic N) is 2. The fourth-order valence-corrected chi connectivity index (χ4v) is 3.10. The molecule has 4 heteroatoms. The molecule has 0 N–H and O–H groups in total. The Labute approximate surface area is 145 Å². The number of rotatable bonds is 7. The molecule has 132 valence electrons. The van der Waals surface area contributed by atoms with Crippen molar-refractivity contribution in [3.05, 3.63) is 35.9 Å². The number of carbonyl (C=O) groups is 2. The van der Waals surface area contributed by atoms with Gasteiger partial charge in [-0.05, 0) is 31.7 Å². The van der Waals surface area contributed by atoms with E-state index in [1.54, 1.807) is 0 Å². The summed E-state index contributed by atoms with van der Waals surface area (Å²) in [5.74, 6) is 0.597. The highest BCUT2D eigenvalue weighted by Gasteiger charge is 2.36. The molecular formula is C20H30N2O2. The second-order valence-electron chi connectivity index (χ2n) is 7.47. The Morgan fingerprint density at radius 1 is 1.21 bits per heavy atom. The molecule has 1 aliphatic heterocycles. The second kappa shape index (κ2) is 8.32. The monoisotopic (exact) mass is 330 g/mol. The average Bonchev–Trinajstić information content (AvgIpc) is 2.91. The SMILES string of the molecule is CC(C)CCN1CC(C(=O)N(Cc2ccccc2)C(C)C)CC1=O. The zero-order valence-electron chi connectivity index (χ0n) is 15.4. The molecule has 0 aliphatic carbocycles. The maximum Gasteiger partial charge on any atom is 0.228 e. The van der Waals surface area contributed by atoms with Crippen LogP contribution in [-0.2, 0) is 16.1 Å². The summed E-state index contributed by atoms with van der Waals surface area (Å²) in [4.78, 5) is 28.9. The molecule has 1 atom stereocenters. The Hall–Kier alpha value is -1.84. The highest BCUT2D eigenvalue weighted by atomic mass is 16.2. The van der Waals surface area contributed by atoms with Crippen molar-refractivity contribution in [3.8, 4) is 0 Å². The Morgan fingerprint density at radius 3 is 2.46 bits per heavy atom. The predicted molar refractivity (Wildman–Crippen MR) is 96.3 cm³/mol. The van der Waals surface area contributed by atoms with Gasteiger partial charge in [-0.15, -0.1) is 0 Å². The van der Waals surface area contributed by atoms with Crippen LogP contribution >= 0.6 is 0 Å². The smallest absolute Gasteiger partial charge is 0.228 e. The lowest BCUT2D eigenvalue weighted by Gasteiger charge is -2.29. The molecule has 2 rings (SSSR count). The van der Waals surface area contributed by atoms with E-state index in [1.165, 1.54) is 0 Å². The first-order valence-corrected chi connectivity index (χ1v) is 9.00. The number of benzene rings is 1. The minimum atomic E-state index is -0.198. The van der Waals surface area contributed by atoms with E-state index in [0.717, 1.165) is 18.5 Å². The molecule has 1 fully saturated rings. The normalized spacial score (nSPS) is 17.8. The van der Waals surface area contributed by atoms with Crippen LogP contribution in [-0.4, -0.2) is 40.7 Å². The summed E-state index contributed by atoms with van der Waals surface area (Å²) in [5, 5.41) is 0. The lowest BCUT2D eigenvalue weighted by Crippen LogP contribution is -2.41. The van der Waals surface area contributed by atoms with E-state index < -0.39 is 0 Å². The largest absolute Gasteiger partial charge is 0.342 e. The fraction of sp³-hybridized carbons (Fsp3) is 0.600. The Morgan fingerprint density at radius 2 is 1.88 bits per heavy atom. The summed E-state index contributed by atoms with van der Waals surface area (Å²) in [6.45, 7) is 10.3. The molecule has 1 aromatic carbocycles. The number of hydrogen-bond acceptors (Lipinski definition) is 2. The summed E-state index contributed by atoms with van der Waals surface area (Å²) in [5.41, 5.74) is 1.13. The van der Waals surface area contributed by atoms with Crippen molar-refractivity contribution in [2.75, 3.05) is 13.1 Å². The van der Waals surface area contributed by atoms with Crippen LogP contribution in [0.4, 0.5) is 0 Å². The average molecular weight is 330 g/mol. The van der Waals surface area contributed by atoms with E-state index >= 15 is 0 Å². The van der Waals surface area contributed by atoms with E-state index in [0.29, 0.717) is 25.4 Å². The number of carbonyl (C=O) groups excluding carboxylic acids is 2. The van der Waals surface area contributed by atoms with Gasteiger partial charge < -0.3 is 9.80 Å². The molecule has 0 bridgehead atoms. The van der Waals surface area contributed by atoms with Crippen molar-refractivity contribution in [1.29, 1.82) is 0 Å². The minimum Gasteiger partial charge on any atom is -0.342 e. The van der Waals surface area contributed by atoms with Crippen molar-refractivity contribution >= 4 is 11.8 Å². The maximum atomic E-state index is 13.0. The van der Waals surface area contributed by atoms with E-state index in [1.807, 2.05) is 54.0 Å². The van der Waals surface area contributed by atoms with Crippen molar-refractivity contribution in [2.45, 2.75) is 53.1 Å². The highest BCUT2D eigenvalue weighted by molar-refractivity contribution is 5.89. The van der Waals surface area contributed by atoms with Gasteiger partial charge in [-0.1, -0.05) is 44.2 Å². The summed E-state index contributed by atoms with van der Waals surface area (Å²) in [7, 11) is 0. The lowest BCUT2D eigenvalue weighted by molar-refractivity contribution is -0.138. The molecule has 1 unspecified atom stereocenters. The van der Waals surface area contributed by atoms with Gasteiger partial charge in [-0.2, -0.15) is 0 Å². The van der Waals surface area contributed by atoms with Crippen molar-refractivity contribution in [3.63, 3.8) is 0 Å². The molecule has 1 saturated heterocycles. The molecule has 4 nitrogen and oxygen atoms in total. The zero-order valence-corrected chi connectivity index (χ0v) is 15.4. The Bertz CT molecular complexity index is 554. The Kier molecular flexibility index (Phi) is 6.41. The molecular weight excluding hydrogens is 300 g/mol. The van der Waals surface area contributed by atoms with Gasteiger partial charge in [0.2, 0.25) is 11.8 Å². The topological polar surface area (TPSA) is 40.6 Å². The third kappa shape index (κ3) is 4.83. The summed E-state index contributed by atoms with van der Waals surface area (Å²) < 4.78 is 0. The molecule has 0 spiro atoms. The van der Waals surface area contributed by atoms with Crippen LogP contribution in [0.3, 0.4) is 0 Å². The van der Waals surface area contributed by atoms with Gasteiger partial charge in [0.15, 0.2) is 0 Å². The first kappa shape index (κ1) is 18.5. The zero-order chi connectivity index (χ0) is 17.7. The lowest BCUT2D eigenvalue weighted by atomic mass is 10.1. The second-order valence-corrected chi connectivity index (χ2v) is 7.47.